The van der Waals surface area contributed by atoms with Crippen LogP contribution in [0.2, 0.25) is 0 Å². The smallest absolute Gasteiger partial charge is 0.223 e. The Balaban J connectivity index is 2.12. The SMILES string of the molecule is C=CCN(Cc1nccn1Cc1cccc(F)c1)C(=O)CC(C)C. The predicted molar refractivity (Wildman–Crippen MR) is 92.8 cm³/mol. The monoisotopic (exact) mass is 329 g/mol. The molecule has 0 spiro atoms. The minimum Gasteiger partial charge on any atom is -0.332 e. The lowest BCUT2D eigenvalue weighted by molar-refractivity contribution is -0.132. The van der Waals surface area contributed by atoms with Gasteiger partial charge in [-0.25, -0.2) is 9.37 Å². The molecule has 2 aromatic rings. The van der Waals surface area contributed by atoms with Gasteiger partial charge in [0.15, 0.2) is 0 Å². The molecule has 0 radical (unpaired) electrons. The molecule has 1 amide bonds. The highest BCUT2D eigenvalue weighted by Gasteiger charge is 2.16. The van der Waals surface area contributed by atoms with Crippen molar-refractivity contribution in [2.45, 2.75) is 33.4 Å². The van der Waals surface area contributed by atoms with E-state index in [0.717, 1.165) is 11.4 Å². The summed E-state index contributed by atoms with van der Waals surface area (Å²) in [6.45, 7) is 9.20. The number of carbonyl (C=O) groups excluding carboxylic acids is 1. The molecule has 0 N–H and O–H groups in total. The molecule has 0 saturated heterocycles. The maximum atomic E-state index is 13.3. The third kappa shape index (κ3) is 5.05. The van der Waals surface area contributed by atoms with E-state index in [0.29, 0.717) is 32.0 Å². The Hall–Kier alpha value is -2.43. The van der Waals surface area contributed by atoms with Gasteiger partial charge in [0.05, 0.1) is 6.54 Å². The summed E-state index contributed by atoms with van der Waals surface area (Å²) in [6.07, 6.45) is 5.77. The van der Waals surface area contributed by atoms with Crippen LogP contribution in [0.4, 0.5) is 4.39 Å². The third-order valence-corrected chi connectivity index (χ3v) is 3.66. The zero-order valence-electron chi connectivity index (χ0n) is 14.3. The quantitative estimate of drug-likeness (QED) is 0.694. The lowest BCUT2D eigenvalue weighted by atomic mass is 10.1. The number of imidazole rings is 1. The lowest BCUT2D eigenvalue weighted by Gasteiger charge is -2.22. The number of halogens is 1. The maximum absolute atomic E-state index is 13.3. The van der Waals surface area contributed by atoms with E-state index in [4.69, 9.17) is 0 Å². The van der Waals surface area contributed by atoms with Crippen LogP contribution >= 0.6 is 0 Å². The molecular weight excluding hydrogens is 305 g/mol. The van der Waals surface area contributed by atoms with Crippen LogP contribution in [0.3, 0.4) is 0 Å². The fourth-order valence-electron chi connectivity index (χ4n) is 2.53. The molecule has 0 aliphatic heterocycles. The highest BCUT2D eigenvalue weighted by Crippen LogP contribution is 2.12. The van der Waals surface area contributed by atoms with E-state index >= 15 is 0 Å². The number of benzene rings is 1. The summed E-state index contributed by atoms with van der Waals surface area (Å²) >= 11 is 0. The van der Waals surface area contributed by atoms with Crippen molar-refractivity contribution in [3.8, 4) is 0 Å². The van der Waals surface area contributed by atoms with E-state index < -0.39 is 0 Å². The Morgan fingerprint density at radius 1 is 1.46 bits per heavy atom. The van der Waals surface area contributed by atoms with Gasteiger partial charge in [0.2, 0.25) is 5.91 Å². The number of amides is 1. The molecule has 2 rings (SSSR count). The summed E-state index contributed by atoms with van der Waals surface area (Å²) in [4.78, 5) is 18.5. The van der Waals surface area contributed by atoms with Gasteiger partial charge in [-0.1, -0.05) is 32.1 Å². The van der Waals surface area contributed by atoms with Crippen LogP contribution < -0.4 is 0 Å². The van der Waals surface area contributed by atoms with Gasteiger partial charge in [0.1, 0.15) is 11.6 Å². The molecule has 0 aliphatic rings. The Labute approximate surface area is 142 Å². The van der Waals surface area contributed by atoms with Crippen molar-refractivity contribution < 1.29 is 9.18 Å². The average Bonchev–Trinajstić information content (AvgIpc) is 2.93. The van der Waals surface area contributed by atoms with Crippen molar-refractivity contribution >= 4 is 5.91 Å². The minimum atomic E-state index is -0.255. The van der Waals surface area contributed by atoms with Crippen LogP contribution in [0, 0.1) is 11.7 Å². The fourth-order valence-corrected chi connectivity index (χ4v) is 2.53. The summed E-state index contributed by atoms with van der Waals surface area (Å²) in [6, 6.07) is 6.50. The standard InChI is InChI=1S/C19H24FN3O/c1-4-9-23(19(24)11-15(2)3)14-18-21-8-10-22(18)13-16-6-5-7-17(20)12-16/h4-8,10,12,15H,1,9,11,13-14H2,2-3H3. The van der Waals surface area contributed by atoms with Gasteiger partial charge >= 0.3 is 0 Å². The van der Waals surface area contributed by atoms with Crippen LogP contribution in [0.15, 0.2) is 49.3 Å². The maximum Gasteiger partial charge on any atom is 0.223 e. The number of carbonyl (C=O) groups is 1. The first-order valence-electron chi connectivity index (χ1n) is 8.12. The van der Waals surface area contributed by atoms with E-state index in [9.17, 15) is 9.18 Å². The van der Waals surface area contributed by atoms with Crippen molar-refractivity contribution in [1.29, 1.82) is 0 Å². The second-order valence-corrected chi connectivity index (χ2v) is 6.26. The molecule has 0 aliphatic carbocycles. The van der Waals surface area contributed by atoms with Crippen LogP contribution in [0.1, 0.15) is 31.7 Å². The van der Waals surface area contributed by atoms with Gasteiger partial charge in [-0.3, -0.25) is 4.79 Å². The molecule has 1 heterocycles. The summed E-state index contributed by atoms with van der Waals surface area (Å²) < 4.78 is 15.3. The molecular formula is C19H24FN3O. The second-order valence-electron chi connectivity index (χ2n) is 6.26. The van der Waals surface area contributed by atoms with Crippen LogP contribution in [0.25, 0.3) is 0 Å². The van der Waals surface area contributed by atoms with Gasteiger partial charge < -0.3 is 9.47 Å². The summed E-state index contributed by atoms with van der Waals surface area (Å²) in [5.41, 5.74) is 0.859. The average molecular weight is 329 g/mol. The Morgan fingerprint density at radius 2 is 2.25 bits per heavy atom. The number of nitrogens with zero attached hydrogens (tertiary/aromatic N) is 3. The van der Waals surface area contributed by atoms with Crippen molar-refractivity contribution in [3.05, 3.63) is 66.5 Å². The van der Waals surface area contributed by atoms with Crippen molar-refractivity contribution in [2.24, 2.45) is 5.92 Å². The summed E-state index contributed by atoms with van der Waals surface area (Å²) in [7, 11) is 0. The Morgan fingerprint density at radius 3 is 2.92 bits per heavy atom. The number of aromatic nitrogens is 2. The van der Waals surface area contributed by atoms with E-state index in [1.807, 2.05) is 30.7 Å². The Kier molecular flexibility index (Phi) is 6.29. The molecule has 0 bridgehead atoms. The molecule has 0 saturated carbocycles. The molecule has 0 atom stereocenters. The Bertz CT molecular complexity index is 693. The van der Waals surface area contributed by atoms with Crippen molar-refractivity contribution in [2.75, 3.05) is 6.54 Å². The van der Waals surface area contributed by atoms with Crippen LogP contribution in [-0.4, -0.2) is 26.9 Å². The molecule has 0 unspecified atom stereocenters. The minimum absolute atomic E-state index is 0.0882. The molecule has 1 aromatic heterocycles. The van der Waals surface area contributed by atoms with Gasteiger partial charge in [-0.05, 0) is 23.6 Å². The van der Waals surface area contributed by atoms with Crippen molar-refractivity contribution in [1.82, 2.24) is 14.5 Å². The van der Waals surface area contributed by atoms with Crippen molar-refractivity contribution in [3.63, 3.8) is 0 Å². The van der Waals surface area contributed by atoms with E-state index in [2.05, 4.69) is 11.6 Å². The van der Waals surface area contributed by atoms with E-state index in [1.165, 1.54) is 12.1 Å². The van der Waals surface area contributed by atoms with Gasteiger partial charge in [0.25, 0.3) is 0 Å². The zero-order valence-corrected chi connectivity index (χ0v) is 14.3. The first kappa shape index (κ1) is 17.9. The van der Waals surface area contributed by atoms with E-state index in [-0.39, 0.29) is 11.7 Å². The largest absolute Gasteiger partial charge is 0.332 e. The molecule has 0 fully saturated rings. The van der Waals surface area contributed by atoms with Crippen LogP contribution in [0.5, 0.6) is 0 Å². The molecule has 5 heteroatoms. The fraction of sp³-hybridized carbons (Fsp3) is 0.368. The van der Waals surface area contributed by atoms with Gasteiger partial charge in [-0.2, -0.15) is 0 Å². The molecule has 4 nitrogen and oxygen atoms in total. The second kappa shape index (κ2) is 8.43. The van der Waals surface area contributed by atoms with Crippen LogP contribution in [-0.2, 0) is 17.9 Å². The molecule has 1 aromatic carbocycles. The lowest BCUT2D eigenvalue weighted by Crippen LogP contribution is -2.32. The summed E-state index contributed by atoms with van der Waals surface area (Å²) in [5.74, 6) is 0.912. The summed E-state index contributed by atoms with van der Waals surface area (Å²) in [5, 5.41) is 0. The molecule has 128 valence electrons. The highest BCUT2D eigenvalue weighted by atomic mass is 19.1. The predicted octanol–water partition coefficient (Wildman–Crippen LogP) is 3.63. The first-order chi connectivity index (χ1) is 11.5. The zero-order chi connectivity index (χ0) is 17.5. The first-order valence-corrected chi connectivity index (χ1v) is 8.12. The number of hydrogen-bond donors (Lipinski definition) is 0. The highest BCUT2D eigenvalue weighted by molar-refractivity contribution is 5.76. The van der Waals surface area contributed by atoms with Gasteiger partial charge in [-0.15, -0.1) is 6.58 Å². The number of rotatable bonds is 8. The van der Waals surface area contributed by atoms with Gasteiger partial charge in [0, 0.05) is 31.9 Å². The number of hydrogen-bond acceptors (Lipinski definition) is 2. The molecule has 24 heavy (non-hydrogen) atoms. The topological polar surface area (TPSA) is 38.1 Å². The van der Waals surface area contributed by atoms with E-state index in [1.54, 1.807) is 23.2 Å². The third-order valence-electron chi connectivity index (χ3n) is 3.66. The normalized spacial score (nSPS) is 10.8.